The van der Waals surface area contributed by atoms with E-state index in [1.807, 2.05) is 13.8 Å². The fourth-order valence-electron chi connectivity index (χ4n) is 0.725. The van der Waals surface area contributed by atoms with Gasteiger partial charge in [0, 0.05) is 6.04 Å². The minimum absolute atomic E-state index is 0.0214. The normalized spacial score (nSPS) is 12.5. The van der Waals surface area contributed by atoms with Gasteiger partial charge in [-0.15, -0.1) is 11.3 Å². The average molecular weight is 184 g/mol. The number of amides is 1. The summed E-state index contributed by atoms with van der Waals surface area (Å²) in [5, 5.41) is 2.86. The highest BCUT2D eigenvalue weighted by atomic mass is 32.1. The number of nitrogens with one attached hydrogen (secondary N) is 1. The van der Waals surface area contributed by atoms with Crippen LogP contribution < -0.4 is 5.32 Å². The molecule has 0 unspecified atom stereocenters. The van der Waals surface area contributed by atoms with Gasteiger partial charge in [-0.1, -0.05) is 6.92 Å². The minimum Gasteiger partial charge on any atom is -0.349 e. The predicted molar refractivity (Wildman–Crippen MR) is 49.3 cm³/mol. The van der Waals surface area contributed by atoms with E-state index in [0.29, 0.717) is 4.88 Å². The summed E-state index contributed by atoms with van der Waals surface area (Å²) in [5.74, 6) is -0.0214. The molecule has 0 fully saturated rings. The molecule has 0 aliphatic heterocycles. The van der Waals surface area contributed by atoms with E-state index in [2.05, 4.69) is 10.3 Å². The van der Waals surface area contributed by atoms with Crippen molar-refractivity contribution in [2.75, 3.05) is 0 Å². The number of aromatic nitrogens is 1. The van der Waals surface area contributed by atoms with Crippen molar-refractivity contribution in [2.45, 2.75) is 26.3 Å². The monoisotopic (exact) mass is 184 g/mol. The van der Waals surface area contributed by atoms with E-state index in [-0.39, 0.29) is 11.9 Å². The zero-order valence-corrected chi connectivity index (χ0v) is 8.02. The number of nitrogens with zero attached hydrogens (tertiary/aromatic N) is 1. The van der Waals surface area contributed by atoms with Gasteiger partial charge in [0.05, 0.1) is 11.7 Å². The SMILES string of the molecule is CC[C@@H](C)NC(=O)c1cncs1. The number of rotatable bonds is 3. The van der Waals surface area contributed by atoms with E-state index >= 15 is 0 Å². The zero-order valence-electron chi connectivity index (χ0n) is 7.20. The van der Waals surface area contributed by atoms with Crippen LogP contribution in [0.25, 0.3) is 0 Å². The largest absolute Gasteiger partial charge is 0.349 e. The standard InChI is InChI=1S/C8H12N2OS/c1-3-6(2)10-8(11)7-4-9-5-12-7/h4-6H,3H2,1-2H3,(H,10,11)/t6-/m1/s1. The molecule has 1 aromatic rings. The second-order valence-corrected chi connectivity index (χ2v) is 3.53. The molecule has 0 aliphatic rings. The molecule has 3 nitrogen and oxygen atoms in total. The first-order valence-electron chi connectivity index (χ1n) is 3.93. The smallest absolute Gasteiger partial charge is 0.263 e. The molecular formula is C8H12N2OS. The van der Waals surface area contributed by atoms with Gasteiger partial charge in [0.25, 0.3) is 5.91 Å². The Balaban J connectivity index is 2.50. The van der Waals surface area contributed by atoms with Crippen molar-refractivity contribution in [1.29, 1.82) is 0 Å². The van der Waals surface area contributed by atoms with Crippen LogP contribution in [0, 0.1) is 0 Å². The second-order valence-electron chi connectivity index (χ2n) is 2.65. The first-order valence-corrected chi connectivity index (χ1v) is 4.81. The Labute approximate surface area is 75.8 Å². The Bertz CT molecular complexity index is 246. The Morgan fingerprint density at radius 2 is 2.58 bits per heavy atom. The van der Waals surface area contributed by atoms with Gasteiger partial charge in [0.15, 0.2) is 0 Å². The number of carbonyl (C=O) groups is 1. The molecule has 1 N–H and O–H groups in total. The van der Waals surface area contributed by atoms with Crippen LogP contribution in [0.15, 0.2) is 11.7 Å². The first kappa shape index (κ1) is 9.19. The van der Waals surface area contributed by atoms with Crippen molar-refractivity contribution >= 4 is 17.2 Å². The van der Waals surface area contributed by atoms with Crippen LogP contribution >= 0.6 is 11.3 Å². The van der Waals surface area contributed by atoms with E-state index in [4.69, 9.17) is 0 Å². The number of carbonyl (C=O) groups excluding carboxylic acids is 1. The van der Waals surface area contributed by atoms with Crippen LogP contribution in [0.4, 0.5) is 0 Å². The summed E-state index contributed by atoms with van der Waals surface area (Å²) in [6.07, 6.45) is 2.53. The summed E-state index contributed by atoms with van der Waals surface area (Å²) in [6.45, 7) is 4.02. The molecule has 0 aromatic carbocycles. The zero-order chi connectivity index (χ0) is 8.97. The third-order valence-corrected chi connectivity index (χ3v) is 2.42. The van der Waals surface area contributed by atoms with Crippen LogP contribution in [-0.2, 0) is 0 Å². The molecular weight excluding hydrogens is 172 g/mol. The average Bonchev–Trinajstić information content (AvgIpc) is 2.56. The molecule has 1 heterocycles. The van der Waals surface area contributed by atoms with Gasteiger partial charge >= 0.3 is 0 Å². The fraction of sp³-hybridized carbons (Fsp3) is 0.500. The van der Waals surface area contributed by atoms with E-state index in [1.165, 1.54) is 11.3 Å². The lowest BCUT2D eigenvalue weighted by Gasteiger charge is -2.09. The number of hydrogen-bond donors (Lipinski definition) is 1. The molecule has 1 amide bonds. The highest BCUT2D eigenvalue weighted by Gasteiger charge is 2.08. The molecule has 0 radical (unpaired) electrons. The third kappa shape index (κ3) is 2.30. The van der Waals surface area contributed by atoms with Gasteiger partial charge in [-0.2, -0.15) is 0 Å². The highest BCUT2D eigenvalue weighted by Crippen LogP contribution is 2.05. The van der Waals surface area contributed by atoms with Crippen molar-refractivity contribution in [2.24, 2.45) is 0 Å². The fourth-order valence-corrected chi connectivity index (χ4v) is 1.25. The molecule has 0 bridgehead atoms. The minimum atomic E-state index is -0.0214. The van der Waals surface area contributed by atoms with Crippen molar-refractivity contribution in [3.63, 3.8) is 0 Å². The third-order valence-electron chi connectivity index (χ3n) is 1.65. The van der Waals surface area contributed by atoms with Gasteiger partial charge in [0.1, 0.15) is 4.88 Å². The van der Waals surface area contributed by atoms with Crippen LogP contribution in [0.1, 0.15) is 29.9 Å². The van der Waals surface area contributed by atoms with Gasteiger partial charge in [-0.25, -0.2) is 0 Å². The van der Waals surface area contributed by atoms with Crippen LogP contribution in [0.2, 0.25) is 0 Å². The van der Waals surface area contributed by atoms with Gasteiger partial charge in [0.2, 0.25) is 0 Å². The Kier molecular flexibility index (Phi) is 3.22. The van der Waals surface area contributed by atoms with Crippen LogP contribution in [0.3, 0.4) is 0 Å². The molecule has 0 spiro atoms. The maximum absolute atomic E-state index is 11.3. The molecule has 1 rings (SSSR count). The van der Waals surface area contributed by atoms with Crippen LogP contribution in [-0.4, -0.2) is 16.9 Å². The summed E-state index contributed by atoms with van der Waals surface area (Å²) in [7, 11) is 0. The lowest BCUT2D eigenvalue weighted by atomic mass is 10.2. The summed E-state index contributed by atoms with van der Waals surface area (Å²) in [4.78, 5) is 15.8. The van der Waals surface area contributed by atoms with Crippen molar-refractivity contribution in [1.82, 2.24) is 10.3 Å². The van der Waals surface area contributed by atoms with Gasteiger partial charge in [-0.05, 0) is 13.3 Å². The molecule has 1 aromatic heterocycles. The number of thiazole rings is 1. The highest BCUT2D eigenvalue weighted by molar-refractivity contribution is 7.11. The topological polar surface area (TPSA) is 42.0 Å². The summed E-state index contributed by atoms with van der Waals surface area (Å²) in [6, 6.07) is 0.236. The Hall–Kier alpha value is -0.900. The van der Waals surface area contributed by atoms with Crippen molar-refractivity contribution < 1.29 is 4.79 Å². The summed E-state index contributed by atoms with van der Waals surface area (Å²) < 4.78 is 0. The molecule has 0 saturated heterocycles. The maximum Gasteiger partial charge on any atom is 0.263 e. The lowest BCUT2D eigenvalue weighted by Crippen LogP contribution is -2.31. The van der Waals surface area contributed by atoms with Crippen molar-refractivity contribution in [3.05, 3.63) is 16.6 Å². The molecule has 12 heavy (non-hydrogen) atoms. The molecule has 1 atom stereocenters. The number of hydrogen-bond acceptors (Lipinski definition) is 3. The molecule has 0 saturated carbocycles. The van der Waals surface area contributed by atoms with E-state index in [0.717, 1.165) is 6.42 Å². The lowest BCUT2D eigenvalue weighted by molar-refractivity contribution is 0.0943. The van der Waals surface area contributed by atoms with Crippen molar-refractivity contribution in [3.8, 4) is 0 Å². The Morgan fingerprint density at radius 3 is 3.08 bits per heavy atom. The first-order chi connectivity index (χ1) is 5.74. The molecule has 0 aliphatic carbocycles. The van der Waals surface area contributed by atoms with Gasteiger partial charge in [-0.3, -0.25) is 9.78 Å². The van der Waals surface area contributed by atoms with Gasteiger partial charge < -0.3 is 5.32 Å². The molecule has 66 valence electrons. The predicted octanol–water partition coefficient (Wildman–Crippen LogP) is 1.67. The van der Waals surface area contributed by atoms with E-state index in [1.54, 1.807) is 11.7 Å². The van der Waals surface area contributed by atoms with E-state index < -0.39 is 0 Å². The second kappa shape index (κ2) is 4.21. The molecule has 4 heteroatoms. The Morgan fingerprint density at radius 1 is 1.83 bits per heavy atom. The maximum atomic E-state index is 11.3. The summed E-state index contributed by atoms with van der Waals surface area (Å²) in [5.41, 5.74) is 1.66. The quantitative estimate of drug-likeness (QED) is 0.776. The van der Waals surface area contributed by atoms with Crippen LogP contribution in [0.5, 0.6) is 0 Å². The summed E-state index contributed by atoms with van der Waals surface area (Å²) >= 11 is 1.36. The van der Waals surface area contributed by atoms with E-state index in [9.17, 15) is 4.79 Å².